The molecule has 2 aromatic heterocycles. The van der Waals surface area contributed by atoms with Gasteiger partial charge in [-0.3, -0.25) is 0 Å². The van der Waals surface area contributed by atoms with Crippen LogP contribution in [0.2, 0.25) is 0 Å². The molecule has 0 atom stereocenters. The Kier molecular flexibility index (Phi) is 3.30. The zero-order chi connectivity index (χ0) is 13.2. The number of anilines is 1. The second kappa shape index (κ2) is 4.75. The monoisotopic (exact) mass is 268 g/mol. The summed E-state index contributed by atoms with van der Waals surface area (Å²) >= 11 is 0. The molecule has 0 unspecified atom stereocenters. The molecule has 2 aromatic rings. The standard InChI is InChI=1S/C10H12N4O3S/c1-7-4-8(17-14-7)6-13-18(15,16)9-2-3-12-10(11)5-9/h2-5,13H,6H2,1H3,(H2,11,12). The summed E-state index contributed by atoms with van der Waals surface area (Å²) in [6, 6.07) is 4.31. The number of aryl methyl sites for hydroxylation is 1. The number of aromatic nitrogens is 2. The van der Waals surface area contributed by atoms with E-state index in [4.69, 9.17) is 10.3 Å². The van der Waals surface area contributed by atoms with Gasteiger partial charge >= 0.3 is 0 Å². The molecular formula is C10H12N4O3S. The number of nitrogens with one attached hydrogen (secondary N) is 1. The van der Waals surface area contributed by atoms with Crippen molar-refractivity contribution in [2.45, 2.75) is 18.4 Å². The fourth-order valence-corrected chi connectivity index (χ4v) is 2.36. The normalized spacial score (nSPS) is 11.6. The van der Waals surface area contributed by atoms with E-state index in [1.165, 1.54) is 18.3 Å². The van der Waals surface area contributed by atoms with E-state index in [0.29, 0.717) is 11.5 Å². The molecule has 0 aliphatic heterocycles. The van der Waals surface area contributed by atoms with E-state index in [2.05, 4.69) is 14.9 Å². The van der Waals surface area contributed by atoms with Gasteiger partial charge in [0.25, 0.3) is 0 Å². The maximum atomic E-state index is 11.9. The molecule has 0 aliphatic carbocycles. The molecule has 2 rings (SSSR count). The largest absolute Gasteiger partial charge is 0.384 e. The molecule has 7 nitrogen and oxygen atoms in total. The Morgan fingerprint density at radius 3 is 2.83 bits per heavy atom. The SMILES string of the molecule is Cc1cc(CNS(=O)(=O)c2ccnc(N)c2)on1. The van der Waals surface area contributed by atoms with Gasteiger partial charge in [-0.15, -0.1) is 0 Å². The summed E-state index contributed by atoms with van der Waals surface area (Å²) in [4.78, 5) is 3.79. The van der Waals surface area contributed by atoms with Gasteiger partial charge in [0.1, 0.15) is 5.82 Å². The van der Waals surface area contributed by atoms with E-state index in [1.54, 1.807) is 13.0 Å². The molecule has 0 saturated heterocycles. The van der Waals surface area contributed by atoms with Crippen LogP contribution in [-0.2, 0) is 16.6 Å². The molecule has 0 aliphatic rings. The van der Waals surface area contributed by atoms with Gasteiger partial charge < -0.3 is 10.3 Å². The molecule has 0 radical (unpaired) electrons. The summed E-state index contributed by atoms with van der Waals surface area (Å²) in [5, 5.41) is 3.66. The van der Waals surface area contributed by atoms with Crippen LogP contribution in [0.1, 0.15) is 11.5 Å². The highest BCUT2D eigenvalue weighted by Crippen LogP contribution is 2.11. The maximum Gasteiger partial charge on any atom is 0.241 e. The van der Waals surface area contributed by atoms with Crippen molar-refractivity contribution in [1.29, 1.82) is 0 Å². The first-order chi connectivity index (χ1) is 8.47. The molecule has 0 spiro atoms. The van der Waals surface area contributed by atoms with Crippen molar-refractivity contribution in [3.63, 3.8) is 0 Å². The summed E-state index contributed by atoms with van der Waals surface area (Å²) in [5.74, 6) is 0.589. The Hall–Kier alpha value is -1.93. The van der Waals surface area contributed by atoms with Gasteiger partial charge in [0.15, 0.2) is 5.76 Å². The molecule has 0 bridgehead atoms. The van der Waals surface area contributed by atoms with E-state index in [0.717, 1.165) is 0 Å². The third-order valence-corrected chi connectivity index (χ3v) is 3.57. The van der Waals surface area contributed by atoms with E-state index in [-0.39, 0.29) is 17.3 Å². The van der Waals surface area contributed by atoms with Gasteiger partial charge in [0.05, 0.1) is 17.1 Å². The van der Waals surface area contributed by atoms with Gasteiger partial charge in [-0.05, 0) is 13.0 Å². The fourth-order valence-electron chi connectivity index (χ4n) is 1.34. The smallest absolute Gasteiger partial charge is 0.241 e. The first kappa shape index (κ1) is 12.5. The Balaban J connectivity index is 2.13. The topological polar surface area (TPSA) is 111 Å². The minimum atomic E-state index is -3.63. The zero-order valence-electron chi connectivity index (χ0n) is 9.62. The van der Waals surface area contributed by atoms with Crippen LogP contribution in [0.3, 0.4) is 0 Å². The predicted octanol–water partition coefficient (Wildman–Crippen LogP) is 0.439. The van der Waals surface area contributed by atoms with Gasteiger partial charge in [-0.1, -0.05) is 5.16 Å². The highest BCUT2D eigenvalue weighted by molar-refractivity contribution is 7.89. The lowest BCUT2D eigenvalue weighted by atomic mass is 10.4. The van der Waals surface area contributed by atoms with Gasteiger partial charge in [-0.25, -0.2) is 18.1 Å². The Labute approximate surface area is 104 Å². The lowest BCUT2D eigenvalue weighted by molar-refractivity contribution is 0.377. The molecule has 0 amide bonds. The number of rotatable bonds is 4. The van der Waals surface area contributed by atoms with Crippen LogP contribution in [0.25, 0.3) is 0 Å². The van der Waals surface area contributed by atoms with Crippen LogP contribution in [0.15, 0.2) is 33.8 Å². The number of nitrogens with two attached hydrogens (primary N) is 1. The minimum absolute atomic E-state index is 0.0331. The molecule has 8 heteroatoms. The Morgan fingerprint density at radius 1 is 1.44 bits per heavy atom. The minimum Gasteiger partial charge on any atom is -0.384 e. The second-order valence-electron chi connectivity index (χ2n) is 3.68. The number of nitrogen functional groups attached to an aromatic ring is 1. The highest BCUT2D eigenvalue weighted by atomic mass is 32.2. The van der Waals surface area contributed by atoms with Crippen molar-refractivity contribution in [3.8, 4) is 0 Å². The van der Waals surface area contributed by atoms with Crippen LogP contribution in [0.4, 0.5) is 5.82 Å². The molecule has 96 valence electrons. The second-order valence-corrected chi connectivity index (χ2v) is 5.44. The summed E-state index contributed by atoms with van der Waals surface area (Å²) in [6.07, 6.45) is 1.34. The van der Waals surface area contributed by atoms with E-state index in [1.807, 2.05) is 0 Å². The van der Waals surface area contributed by atoms with Crippen LogP contribution >= 0.6 is 0 Å². The lowest BCUT2D eigenvalue weighted by Gasteiger charge is -2.04. The molecular weight excluding hydrogens is 256 g/mol. The van der Waals surface area contributed by atoms with Crippen molar-refractivity contribution < 1.29 is 12.9 Å². The van der Waals surface area contributed by atoms with Gasteiger partial charge in [0.2, 0.25) is 10.0 Å². The zero-order valence-corrected chi connectivity index (χ0v) is 10.4. The molecule has 0 saturated carbocycles. The molecule has 0 fully saturated rings. The van der Waals surface area contributed by atoms with E-state index in [9.17, 15) is 8.42 Å². The van der Waals surface area contributed by atoms with Crippen LogP contribution in [0.5, 0.6) is 0 Å². The predicted molar refractivity (Wildman–Crippen MR) is 63.9 cm³/mol. The molecule has 3 N–H and O–H groups in total. The quantitative estimate of drug-likeness (QED) is 0.832. The lowest BCUT2D eigenvalue weighted by Crippen LogP contribution is -2.23. The van der Waals surface area contributed by atoms with Crippen molar-refractivity contribution in [2.75, 3.05) is 5.73 Å². The molecule has 2 heterocycles. The third kappa shape index (κ3) is 2.84. The van der Waals surface area contributed by atoms with Crippen molar-refractivity contribution in [1.82, 2.24) is 14.9 Å². The average Bonchev–Trinajstić information content (AvgIpc) is 2.73. The average molecular weight is 268 g/mol. The third-order valence-electron chi connectivity index (χ3n) is 2.18. The number of pyridine rings is 1. The number of nitrogens with zero attached hydrogens (tertiary/aromatic N) is 2. The van der Waals surface area contributed by atoms with Crippen molar-refractivity contribution in [3.05, 3.63) is 35.9 Å². The first-order valence-corrected chi connectivity index (χ1v) is 6.59. The van der Waals surface area contributed by atoms with Crippen molar-refractivity contribution >= 4 is 15.8 Å². The van der Waals surface area contributed by atoms with Crippen LogP contribution in [-0.4, -0.2) is 18.6 Å². The molecule has 18 heavy (non-hydrogen) atoms. The highest BCUT2D eigenvalue weighted by Gasteiger charge is 2.15. The number of hydrogen-bond donors (Lipinski definition) is 2. The summed E-state index contributed by atoms with van der Waals surface area (Å²) in [7, 11) is -3.63. The van der Waals surface area contributed by atoms with E-state index >= 15 is 0 Å². The maximum absolute atomic E-state index is 11.9. The van der Waals surface area contributed by atoms with E-state index < -0.39 is 10.0 Å². The van der Waals surface area contributed by atoms with Gasteiger partial charge in [-0.2, -0.15) is 0 Å². The summed E-state index contributed by atoms with van der Waals surface area (Å²) < 4.78 is 31.1. The van der Waals surface area contributed by atoms with Crippen molar-refractivity contribution in [2.24, 2.45) is 0 Å². The summed E-state index contributed by atoms with van der Waals surface area (Å²) in [5.41, 5.74) is 6.13. The summed E-state index contributed by atoms with van der Waals surface area (Å²) in [6.45, 7) is 1.79. The Morgan fingerprint density at radius 2 is 2.22 bits per heavy atom. The Bertz CT molecular complexity index is 651. The number of sulfonamides is 1. The number of hydrogen-bond acceptors (Lipinski definition) is 6. The fraction of sp³-hybridized carbons (Fsp3) is 0.200. The van der Waals surface area contributed by atoms with Crippen LogP contribution in [0, 0.1) is 6.92 Å². The first-order valence-electron chi connectivity index (χ1n) is 5.11. The van der Waals surface area contributed by atoms with Crippen LogP contribution < -0.4 is 10.5 Å². The van der Waals surface area contributed by atoms with Gasteiger partial charge in [0, 0.05) is 18.3 Å². The molecule has 0 aromatic carbocycles.